The van der Waals surface area contributed by atoms with Gasteiger partial charge in [0.25, 0.3) is 0 Å². The lowest BCUT2D eigenvalue weighted by Crippen LogP contribution is -2.28. The van der Waals surface area contributed by atoms with Gasteiger partial charge in [-0.2, -0.15) is 0 Å². The largest absolute Gasteiger partial charge is 0.414 e. The van der Waals surface area contributed by atoms with Crippen molar-refractivity contribution in [2.24, 2.45) is 0 Å². The Labute approximate surface area is 145 Å². The van der Waals surface area contributed by atoms with Crippen molar-refractivity contribution < 1.29 is 4.43 Å². The van der Waals surface area contributed by atoms with Crippen molar-refractivity contribution in [2.75, 3.05) is 0 Å². The van der Waals surface area contributed by atoms with Crippen LogP contribution in [0.1, 0.15) is 31.9 Å². The Morgan fingerprint density at radius 1 is 1.00 bits per heavy atom. The van der Waals surface area contributed by atoms with Gasteiger partial charge in [0.05, 0.1) is 8.80 Å². The van der Waals surface area contributed by atoms with Crippen LogP contribution in [0.5, 0.6) is 0 Å². The summed E-state index contributed by atoms with van der Waals surface area (Å²) < 4.78 is 6.01. The van der Waals surface area contributed by atoms with Crippen LogP contribution in [0, 0.1) is 0 Å². The fraction of sp³-hybridized carbons (Fsp3) is 0.300. The van der Waals surface area contributed by atoms with Gasteiger partial charge in [-0.15, -0.1) is 0 Å². The Balaban J connectivity index is 2.16. The highest BCUT2D eigenvalue weighted by atomic mass is 28.3. The third-order valence-corrected chi connectivity index (χ3v) is 7.37. The van der Waals surface area contributed by atoms with Crippen LogP contribution in [-0.4, -0.2) is 24.2 Å². The number of hydrogen-bond donors (Lipinski definition) is 0. The molecule has 0 amide bonds. The summed E-state index contributed by atoms with van der Waals surface area (Å²) in [6.07, 6.45) is 0. The maximum atomic E-state index is 6.01. The van der Waals surface area contributed by atoms with Gasteiger partial charge in [0.2, 0.25) is 0 Å². The SMILES string of the molecule is C=C(c1ccc([SiH](C)C)cc1)c1cccc([SiH2]OC(C)(C)C)c1. The molecule has 0 aliphatic heterocycles. The van der Waals surface area contributed by atoms with Crippen LogP contribution in [0.2, 0.25) is 13.1 Å². The van der Waals surface area contributed by atoms with Crippen LogP contribution >= 0.6 is 0 Å². The van der Waals surface area contributed by atoms with Gasteiger partial charge in [-0.1, -0.05) is 73.4 Å². The Morgan fingerprint density at radius 3 is 2.22 bits per heavy atom. The molecule has 1 nitrogen and oxygen atoms in total. The third kappa shape index (κ3) is 5.31. The molecule has 122 valence electrons. The molecule has 0 saturated heterocycles. The minimum absolute atomic E-state index is 0.0597. The molecule has 2 aromatic carbocycles. The van der Waals surface area contributed by atoms with Crippen molar-refractivity contribution in [1.29, 1.82) is 0 Å². The smallest absolute Gasteiger partial charge is 0.192 e. The highest BCUT2D eigenvalue weighted by Gasteiger charge is 2.11. The molecule has 2 aromatic rings. The first-order chi connectivity index (χ1) is 10.8. The van der Waals surface area contributed by atoms with Crippen molar-refractivity contribution in [1.82, 2.24) is 0 Å². The van der Waals surface area contributed by atoms with Gasteiger partial charge in [-0.3, -0.25) is 0 Å². The first-order valence-corrected chi connectivity index (χ1v) is 12.5. The molecule has 0 aromatic heterocycles. The van der Waals surface area contributed by atoms with E-state index < -0.39 is 18.6 Å². The molecule has 0 spiro atoms. The average molecular weight is 341 g/mol. The molecule has 2 rings (SSSR count). The van der Waals surface area contributed by atoms with Crippen LogP contribution in [0.25, 0.3) is 5.57 Å². The molecule has 0 radical (unpaired) electrons. The molecular weight excluding hydrogens is 312 g/mol. The van der Waals surface area contributed by atoms with Gasteiger partial charge < -0.3 is 4.43 Å². The quantitative estimate of drug-likeness (QED) is 0.761. The number of benzene rings is 2. The predicted octanol–water partition coefficient (Wildman–Crippen LogP) is 2.97. The topological polar surface area (TPSA) is 9.23 Å². The van der Waals surface area contributed by atoms with Crippen molar-refractivity contribution in [3.05, 3.63) is 66.2 Å². The average Bonchev–Trinajstić information content (AvgIpc) is 2.52. The summed E-state index contributed by atoms with van der Waals surface area (Å²) in [5.74, 6) is 0. The number of hydrogen-bond acceptors (Lipinski definition) is 1. The van der Waals surface area contributed by atoms with E-state index in [-0.39, 0.29) is 5.60 Å². The molecule has 0 N–H and O–H groups in total. The van der Waals surface area contributed by atoms with Gasteiger partial charge in [0.1, 0.15) is 0 Å². The monoisotopic (exact) mass is 340 g/mol. The van der Waals surface area contributed by atoms with Crippen LogP contribution in [0.4, 0.5) is 0 Å². The van der Waals surface area contributed by atoms with E-state index in [1.54, 1.807) is 0 Å². The third-order valence-electron chi connectivity index (χ3n) is 3.87. The van der Waals surface area contributed by atoms with E-state index in [2.05, 4.69) is 89.0 Å². The first-order valence-electron chi connectivity index (χ1n) is 8.29. The summed E-state index contributed by atoms with van der Waals surface area (Å²) >= 11 is 0. The molecule has 0 heterocycles. The zero-order chi connectivity index (χ0) is 17.0. The maximum Gasteiger partial charge on any atom is 0.192 e. The van der Waals surface area contributed by atoms with E-state index in [1.165, 1.54) is 21.5 Å². The molecule has 0 atom stereocenters. The fourth-order valence-electron chi connectivity index (χ4n) is 2.38. The zero-order valence-electron chi connectivity index (χ0n) is 15.0. The molecule has 0 aliphatic rings. The summed E-state index contributed by atoms with van der Waals surface area (Å²) in [5, 5.41) is 2.83. The fourth-order valence-corrected chi connectivity index (χ4v) is 4.48. The van der Waals surface area contributed by atoms with Crippen molar-refractivity contribution >= 4 is 34.5 Å². The molecule has 0 aliphatic carbocycles. The lowest BCUT2D eigenvalue weighted by Gasteiger charge is -2.20. The van der Waals surface area contributed by atoms with Crippen LogP contribution in [-0.2, 0) is 4.43 Å². The van der Waals surface area contributed by atoms with E-state index >= 15 is 0 Å². The summed E-state index contributed by atoms with van der Waals surface area (Å²) in [4.78, 5) is 0. The van der Waals surface area contributed by atoms with E-state index in [0.29, 0.717) is 0 Å². The Morgan fingerprint density at radius 2 is 1.65 bits per heavy atom. The van der Waals surface area contributed by atoms with E-state index in [4.69, 9.17) is 4.43 Å². The molecule has 0 fully saturated rings. The van der Waals surface area contributed by atoms with Gasteiger partial charge in [0.15, 0.2) is 9.76 Å². The minimum atomic E-state index is -0.729. The van der Waals surface area contributed by atoms with Crippen molar-refractivity contribution in [2.45, 2.75) is 39.5 Å². The Hall–Kier alpha value is -1.43. The van der Waals surface area contributed by atoms with Gasteiger partial charge >= 0.3 is 0 Å². The molecule has 23 heavy (non-hydrogen) atoms. The first kappa shape index (κ1) is 17.9. The molecule has 3 heteroatoms. The summed E-state index contributed by atoms with van der Waals surface area (Å²) in [5.41, 5.74) is 3.44. The number of rotatable bonds is 5. The lowest BCUT2D eigenvalue weighted by molar-refractivity contribution is 0.142. The predicted molar refractivity (Wildman–Crippen MR) is 109 cm³/mol. The lowest BCUT2D eigenvalue weighted by atomic mass is 10.00. The molecule has 0 saturated carbocycles. The second-order valence-electron chi connectivity index (χ2n) is 7.36. The van der Waals surface area contributed by atoms with Gasteiger partial charge in [-0.25, -0.2) is 0 Å². The van der Waals surface area contributed by atoms with Crippen LogP contribution in [0.3, 0.4) is 0 Å². The van der Waals surface area contributed by atoms with E-state index in [0.717, 1.165) is 5.57 Å². The highest BCUT2D eigenvalue weighted by Crippen LogP contribution is 2.20. The summed E-state index contributed by atoms with van der Waals surface area (Å²) in [7, 11) is -1.43. The van der Waals surface area contributed by atoms with Crippen molar-refractivity contribution in [3.8, 4) is 0 Å². The minimum Gasteiger partial charge on any atom is -0.414 e. The Bertz CT molecular complexity index is 667. The second-order valence-corrected chi connectivity index (χ2v) is 11.7. The standard InChI is InChI=1S/C20H28OSi2/c1-15(16-10-12-19(13-11-16)23(5)6)17-8-7-9-18(14-17)22-21-20(2,3)4/h7-14,23H,1,22H2,2-6H3. The van der Waals surface area contributed by atoms with Crippen molar-refractivity contribution in [3.63, 3.8) is 0 Å². The molecular formula is C20H28OSi2. The second kappa shape index (κ2) is 7.43. The van der Waals surface area contributed by atoms with Crippen LogP contribution in [0.15, 0.2) is 55.1 Å². The highest BCUT2D eigenvalue weighted by molar-refractivity contribution is 6.70. The van der Waals surface area contributed by atoms with E-state index in [1.807, 2.05) is 0 Å². The summed E-state index contributed by atoms with van der Waals surface area (Å²) in [6, 6.07) is 17.6. The molecule has 0 bridgehead atoms. The molecule has 0 unspecified atom stereocenters. The Kier molecular flexibility index (Phi) is 5.79. The van der Waals surface area contributed by atoms with Crippen LogP contribution < -0.4 is 10.4 Å². The normalized spacial score (nSPS) is 12.3. The van der Waals surface area contributed by atoms with Gasteiger partial charge in [-0.05, 0) is 42.7 Å². The maximum absolute atomic E-state index is 6.01. The zero-order valence-corrected chi connectivity index (χ0v) is 17.6. The van der Waals surface area contributed by atoms with E-state index in [9.17, 15) is 0 Å². The summed E-state index contributed by atoms with van der Waals surface area (Å²) in [6.45, 7) is 15.4. The van der Waals surface area contributed by atoms with Gasteiger partial charge in [0, 0.05) is 5.60 Å².